The van der Waals surface area contributed by atoms with E-state index in [0.29, 0.717) is 0 Å². The van der Waals surface area contributed by atoms with Crippen molar-refractivity contribution in [3.05, 3.63) is 71.8 Å². The molecule has 0 spiro atoms. The van der Waals surface area contributed by atoms with Crippen LogP contribution in [0.4, 0.5) is 4.79 Å². The van der Waals surface area contributed by atoms with Gasteiger partial charge in [-0.05, 0) is 38.8 Å². The van der Waals surface area contributed by atoms with Crippen LogP contribution in [-0.2, 0) is 9.53 Å². The molecule has 2 rings (SSSR count). The second kappa shape index (κ2) is 7.97. The highest BCUT2D eigenvalue weighted by Crippen LogP contribution is 2.29. The first-order valence-electron chi connectivity index (χ1n) is 8.38. The molecule has 2 aromatic rings. The number of carbonyl (C=O) groups excluding carboxylic acids is 2. The molecule has 0 radical (unpaired) electrons. The molecule has 25 heavy (non-hydrogen) atoms. The van der Waals surface area contributed by atoms with E-state index in [-0.39, 0.29) is 11.7 Å². The highest BCUT2D eigenvalue weighted by atomic mass is 16.6. The number of alkyl carbamates (subject to hydrolysis) is 1. The number of Topliss-reactive ketones (excluding diaryl/α,β-unsaturated/α-hetero) is 1. The summed E-state index contributed by atoms with van der Waals surface area (Å²) >= 11 is 0. The largest absolute Gasteiger partial charge is 0.444 e. The van der Waals surface area contributed by atoms with Gasteiger partial charge >= 0.3 is 6.09 Å². The maximum Gasteiger partial charge on any atom is 0.408 e. The number of ether oxygens (including phenoxy) is 1. The zero-order chi connectivity index (χ0) is 18.4. The van der Waals surface area contributed by atoms with Crippen LogP contribution in [0, 0.1) is 0 Å². The molecule has 4 nitrogen and oxygen atoms in total. The van der Waals surface area contributed by atoms with Gasteiger partial charge in [0.15, 0.2) is 5.78 Å². The molecule has 0 aliphatic rings. The van der Waals surface area contributed by atoms with Gasteiger partial charge in [0.05, 0.1) is 0 Å². The number of nitrogens with one attached hydrogen (secondary N) is 1. The molecular weight excluding hydrogens is 314 g/mol. The Morgan fingerprint density at radius 2 is 1.32 bits per heavy atom. The summed E-state index contributed by atoms with van der Waals surface area (Å²) < 4.78 is 5.34. The van der Waals surface area contributed by atoms with E-state index in [9.17, 15) is 9.59 Å². The fourth-order valence-electron chi connectivity index (χ4n) is 2.75. The minimum atomic E-state index is -0.709. The normalized spacial score (nSPS) is 12.5. The van der Waals surface area contributed by atoms with Gasteiger partial charge in [0.25, 0.3) is 0 Å². The molecular formula is C21H25NO3. The van der Waals surface area contributed by atoms with Gasteiger partial charge in [-0.1, -0.05) is 60.7 Å². The van der Waals surface area contributed by atoms with Gasteiger partial charge in [-0.15, -0.1) is 0 Å². The first-order chi connectivity index (χ1) is 11.8. The average Bonchev–Trinajstić information content (AvgIpc) is 2.54. The van der Waals surface area contributed by atoms with E-state index >= 15 is 0 Å². The van der Waals surface area contributed by atoms with Gasteiger partial charge in [0.2, 0.25) is 0 Å². The molecule has 2 aromatic carbocycles. The van der Waals surface area contributed by atoms with Crippen LogP contribution in [0.5, 0.6) is 0 Å². The highest BCUT2D eigenvalue weighted by molar-refractivity contribution is 5.87. The van der Waals surface area contributed by atoms with Crippen molar-refractivity contribution in [2.45, 2.75) is 45.3 Å². The maximum atomic E-state index is 12.4. The van der Waals surface area contributed by atoms with Crippen molar-refractivity contribution in [1.82, 2.24) is 5.32 Å². The number of hydrogen-bond donors (Lipinski definition) is 1. The quantitative estimate of drug-likeness (QED) is 0.883. The second-order valence-electron chi connectivity index (χ2n) is 7.03. The summed E-state index contributed by atoms with van der Waals surface area (Å²) in [5, 5.41) is 2.76. The molecule has 1 atom stereocenters. The third kappa shape index (κ3) is 5.45. The van der Waals surface area contributed by atoms with Crippen molar-refractivity contribution in [2.75, 3.05) is 0 Å². The maximum absolute atomic E-state index is 12.4. The van der Waals surface area contributed by atoms with Crippen LogP contribution >= 0.6 is 0 Å². The van der Waals surface area contributed by atoms with Crippen LogP contribution in [0.2, 0.25) is 0 Å². The fourth-order valence-corrected chi connectivity index (χ4v) is 2.75. The Kier molecular flexibility index (Phi) is 5.97. The summed E-state index contributed by atoms with van der Waals surface area (Å²) in [7, 11) is 0. The van der Waals surface area contributed by atoms with Crippen LogP contribution in [0.15, 0.2) is 60.7 Å². The summed E-state index contributed by atoms with van der Waals surface area (Å²) in [5.41, 5.74) is 1.30. The zero-order valence-electron chi connectivity index (χ0n) is 15.2. The van der Waals surface area contributed by atoms with Crippen molar-refractivity contribution in [3.8, 4) is 0 Å². The predicted molar refractivity (Wildman–Crippen MR) is 98.6 cm³/mol. The molecule has 0 bridgehead atoms. The summed E-state index contributed by atoms with van der Waals surface area (Å²) in [5.74, 6) is -0.406. The molecule has 0 saturated carbocycles. The molecule has 132 valence electrons. The van der Waals surface area contributed by atoms with Gasteiger partial charge in [0, 0.05) is 5.92 Å². The fraction of sp³-hybridized carbons (Fsp3) is 0.333. The molecule has 0 aliphatic heterocycles. The topological polar surface area (TPSA) is 55.4 Å². The first-order valence-corrected chi connectivity index (χ1v) is 8.38. The van der Waals surface area contributed by atoms with Crippen molar-refractivity contribution in [2.24, 2.45) is 0 Å². The molecule has 1 amide bonds. The predicted octanol–water partition coefficient (Wildman–Crippen LogP) is 4.30. The molecule has 0 heterocycles. The van der Waals surface area contributed by atoms with Crippen molar-refractivity contribution < 1.29 is 14.3 Å². The minimum Gasteiger partial charge on any atom is -0.444 e. The van der Waals surface area contributed by atoms with E-state index in [1.807, 2.05) is 60.7 Å². The van der Waals surface area contributed by atoms with Crippen LogP contribution in [0.3, 0.4) is 0 Å². The van der Waals surface area contributed by atoms with Gasteiger partial charge < -0.3 is 10.1 Å². The van der Waals surface area contributed by atoms with Crippen molar-refractivity contribution in [3.63, 3.8) is 0 Å². The SMILES string of the molecule is CC(=O)[C@H](NC(=O)OC(C)(C)C)C(c1ccccc1)c1ccccc1. The summed E-state index contributed by atoms with van der Waals surface area (Å²) in [6.07, 6.45) is -0.593. The van der Waals surface area contributed by atoms with E-state index < -0.39 is 17.7 Å². The van der Waals surface area contributed by atoms with Gasteiger partial charge in [-0.3, -0.25) is 4.79 Å². The van der Waals surface area contributed by atoms with E-state index in [4.69, 9.17) is 4.74 Å². The molecule has 0 saturated heterocycles. The van der Waals surface area contributed by atoms with E-state index in [0.717, 1.165) is 11.1 Å². The summed E-state index contributed by atoms with van der Waals surface area (Å²) in [6, 6.07) is 18.7. The van der Waals surface area contributed by atoms with E-state index in [1.54, 1.807) is 20.8 Å². The molecule has 1 N–H and O–H groups in total. The van der Waals surface area contributed by atoms with Crippen LogP contribution in [0.25, 0.3) is 0 Å². The molecule has 0 fully saturated rings. The smallest absolute Gasteiger partial charge is 0.408 e. The lowest BCUT2D eigenvalue weighted by Crippen LogP contribution is -2.46. The monoisotopic (exact) mass is 339 g/mol. The Balaban J connectivity index is 2.38. The van der Waals surface area contributed by atoms with Gasteiger partial charge in [-0.25, -0.2) is 4.79 Å². The van der Waals surface area contributed by atoms with E-state index in [2.05, 4.69) is 5.32 Å². The number of amides is 1. The minimum absolute atomic E-state index is 0.122. The van der Waals surface area contributed by atoms with Crippen LogP contribution < -0.4 is 5.32 Å². The van der Waals surface area contributed by atoms with Crippen LogP contribution in [0.1, 0.15) is 44.7 Å². The third-order valence-corrected chi connectivity index (χ3v) is 3.76. The van der Waals surface area contributed by atoms with Crippen molar-refractivity contribution in [1.29, 1.82) is 0 Å². The number of hydrogen-bond acceptors (Lipinski definition) is 3. The third-order valence-electron chi connectivity index (χ3n) is 3.76. The van der Waals surface area contributed by atoms with E-state index in [1.165, 1.54) is 6.92 Å². The molecule has 0 aliphatic carbocycles. The van der Waals surface area contributed by atoms with Gasteiger partial charge in [0.1, 0.15) is 11.6 Å². The number of ketones is 1. The Morgan fingerprint density at radius 3 is 1.68 bits per heavy atom. The Hall–Kier alpha value is -2.62. The van der Waals surface area contributed by atoms with Crippen molar-refractivity contribution >= 4 is 11.9 Å². The Bertz CT molecular complexity index is 665. The second-order valence-corrected chi connectivity index (χ2v) is 7.03. The standard InChI is InChI=1S/C21H25NO3/c1-15(23)19(22-20(24)25-21(2,3)4)18(16-11-7-5-8-12-16)17-13-9-6-10-14-17/h5-14,18-19H,1-4H3,(H,22,24)/t19-/m0/s1. The van der Waals surface area contributed by atoms with Crippen LogP contribution in [-0.4, -0.2) is 23.5 Å². The number of benzene rings is 2. The first kappa shape index (κ1) is 18.7. The zero-order valence-corrected chi connectivity index (χ0v) is 15.2. The van der Waals surface area contributed by atoms with Gasteiger partial charge in [-0.2, -0.15) is 0 Å². The number of carbonyl (C=O) groups is 2. The summed E-state index contributed by atoms with van der Waals surface area (Å²) in [4.78, 5) is 24.6. The molecule has 0 unspecified atom stereocenters. The number of rotatable bonds is 5. The highest BCUT2D eigenvalue weighted by Gasteiger charge is 2.31. The lowest BCUT2D eigenvalue weighted by Gasteiger charge is -2.28. The average molecular weight is 339 g/mol. The lowest BCUT2D eigenvalue weighted by molar-refractivity contribution is -0.119. The molecule has 4 heteroatoms. The summed E-state index contributed by atoms with van der Waals surface area (Å²) in [6.45, 7) is 6.87. The lowest BCUT2D eigenvalue weighted by atomic mass is 9.83. The Labute approximate surface area is 149 Å². The molecule has 0 aromatic heterocycles. The Morgan fingerprint density at radius 1 is 0.880 bits per heavy atom.